The van der Waals surface area contributed by atoms with Crippen LogP contribution < -0.4 is 0 Å². The van der Waals surface area contributed by atoms with E-state index in [1.165, 1.54) is 0 Å². The van der Waals surface area contributed by atoms with Crippen molar-refractivity contribution >= 4 is 5.78 Å². The van der Waals surface area contributed by atoms with Crippen molar-refractivity contribution in [2.24, 2.45) is 0 Å². The van der Waals surface area contributed by atoms with Crippen molar-refractivity contribution in [3.05, 3.63) is 48.4 Å². The Hall–Kier alpha value is -2.23. The lowest BCUT2D eigenvalue weighted by Gasteiger charge is -2.02. The smallest absolute Gasteiger partial charge is 0.220 e. The van der Waals surface area contributed by atoms with Gasteiger partial charge in [-0.25, -0.2) is 4.98 Å². The molecule has 0 fully saturated rings. The van der Waals surface area contributed by atoms with Crippen LogP contribution >= 0.6 is 0 Å². The first kappa shape index (κ1) is 10.9. The minimum absolute atomic E-state index is 0.301. The standard InChI is InChI=1S/C14H14N4/c1-10(2)13-16-14-15-9-8-12(18(14)17-13)11-6-4-3-5-7-11/h3-10H,1-2H3. The highest BCUT2D eigenvalue weighted by molar-refractivity contribution is 5.61. The zero-order valence-electron chi connectivity index (χ0n) is 10.4. The summed E-state index contributed by atoms with van der Waals surface area (Å²) in [6, 6.07) is 12.1. The Balaban J connectivity index is 2.24. The predicted octanol–water partition coefficient (Wildman–Crippen LogP) is 2.91. The van der Waals surface area contributed by atoms with Crippen LogP contribution in [-0.2, 0) is 0 Å². The van der Waals surface area contributed by atoms with Crippen molar-refractivity contribution in [2.45, 2.75) is 19.8 Å². The fourth-order valence-corrected chi connectivity index (χ4v) is 1.88. The third kappa shape index (κ3) is 1.76. The lowest BCUT2D eigenvalue weighted by atomic mass is 10.1. The second kappa shape index (κ2) is 4.22. The molecule has 0 aliphatic carbocycles. The zero-order chi connectivity index (χ0) is 12.5. The number of nitrogens with zero attached hydrogens (tertiary/aromatic N) is 4. The molecular weight excluding hydrogens is 224 g/mol. The van der Waals surface area contributed by atoms with Crippen molar-refractivity contribution in [3.63, 3.8) is 0 Å². The van der Waals surface area contributed by atoms with Gasteiger partial charge in [-0.1, -0.05) is 44.2 Å². The lowest BCUT2D eigenvalue weighted by Crippen LogP contribution is -1.96. The van der Waals surface area contributed by atoms with E-state index in [4.69, 9.17) is 0 Å². The summed E-state index contributed by atoms with van der Waals surface area (Å²) in [6.07, 6.45) is 1.77. The van der Waals surface area contributed by atoms with Crippen LogP contribution in [0.3, 0.4) is 0 Å². The lowest BCUT2D eigenvalue weighted by molar-refractivity contribution is 0.766. The highest BCUT2D eigenvalue weighted by Gasteiger charge is 2.11. The fourth-order valence-electron chi connectivity index (χ4n) is 1.88. The minimum atomic E-state index is 0.301. The van der Waals surface area contributed by atoms with Gasteiger partial charge in [0.1, 0.15) is 0 Å². The summed E-state index contributed by atoms with van der Waals surface area (Å²) < 4.78 is 1.81. The van der Waals surface area contributed by atoms with Gasteiger partial charge in [0.2, 0.25) is 0 Å². The van der Waals surface area contributed by atoms with Crippen molar-refractivity contribution in [2.75, 3.05) is 0 Å². The van der Waals surface area contributed by atoms with Crippen molar-refractivity contribution in [1.82, 2.24) is 19.6 Å². The molecule has 0 saturated carbocycles. The van der Waals surface area contributed by atoms with Crippen molar-refractivity contribution in [3.8, 4) is 11.3 Å². The van der Waals surface area contributed by atoms with E-state index in [9.17, 15) is 0 Å². The molecule has 0 aliphatic heterocycles. The summed E-state index contributed by atoms with van der Waals surface area (Å²) in [4.78, 5) is 8.70. The molecule has 4 nitrogen and oxygen atoms in total. The maximum Gasteiger partial charge on any atom is 0.252 e. The van der Waals surface area contributed by atoms with Gasteiger partial charge in [0.05, 0.1) is 5.69 Å². The third-order valence-electron chi connectivity index (χ3n) is 2.84. The van der Waals surface area contributed by atoms with E-state index in [0.29, 0.717) is 11.7 Å². The molecule has 1 aromatic carbocycles. The van der Waals surface area contributed by atoms with E-state index >= 15 is 0 Å². The van der Waals surface area contributed by atoms with E-state index in [1.54, 1.807) is 6.20 Å². The Kier molecular flexibility index (Phi) is 2.55. The summed E-state index contributed by atoms with van der Waals surface area (Å²) in [5.41, 5.74) is 2.13. The highest BCUT2D eigenvalue weighted by Crippen LogP contribution is 2.19. The topological polar surface area (TPSA) is 43.1 Å². The van der Waals surface area contributed by atoms with Crippen LogP contribution in [0.1, 0.15) is 25.6 Å². The van der Waals surface area contributed by atoms with E-state index < -0.39 is 0 Å². The maximum atomic E-state index is 4.53. The van der Waals surface area contributed by atoms with Crippen LogP contribution in [0.25, 0.3) is 17.0 Å². The number of hydrogen-bond donors (Lipinski definition) is 0. The number of hydrogen-bond acceptors (Lipinski definition) is 3. The predicted molar refractivity (Wildman–Crippen MR) is 70.3 cm³/mol. The van der Waals surface area contributed by atoms with Gasteiger partial charge < -0.3 is 0 Å². The van der Waals surface area contributed by atoms with Crippen molar-refractivity contribution in [1.29, 1.82) is 0 Å². The van der Waals surface area contributed by atoms with Crippen LogP contribution in [0.4, 0.5) is 0 Å². The molecular formula is C14H14N4. The summed E-state index contributed by atoms with van der Waals surface area (Å²) in [5, 5.41) is 4.53. The molecule has 2 aromatic heterocycles. The van der Waals surface area contributed by atoms with E-state index in [2.05, 4.69) is 41.0 Å². The molecule has 0 amide bonds. The maximum absolute atomic E-state index is 4.53. The molecule has 2 heterocycles. The molecule has 0 spiro atoms. The first-order valence-electron chi connectivity index (χ1n) is 6.03. The molecule has 0 radical (unpaired) electrons. The summed E-state index contributed by atoms with van der Waals surface area (Å²) in [7, 11) is 0. The van der Waals surface area contributed by atoms with Crippen LogP contribution in [0.2, 0.25) is 0 Å². The molecule has 18 heavy (non-hydrogen) atoms. The first-order chi connectivity index (χ1) is 8.75. The molecule has 90 valence electrons. The minimum Gasteiger partial charge on any atom is -0.220 e. The second-order valence-electron chi connectivity index (χ2n) is 4.53. The number of aromatic nitrogens is 4. The van der Waals surface area contributed by atoms with Gasteiger partial charge in [0.15, 0.2) is 5.82 Å². The third-order valence-corrected chi connectivity index (χ3v) is 2.84. The average Bonchev–Trinajstić information content (AvgIpc) is 2.83. The molecule has 0 aliphatic rings. The molecule has 4 heteroatoms. The first-order valence-corrected chi connectivity index (χ1v) is 6.03. The van der Waals surface area contributed by atoms with Crippen LogP contribution in [0.5, 0.6) is 0 Å². The Bertz CT molecular complexity index is 671. The normalized spacial score (nSPS) is 11.3. The average molecular weight is 238 g/mol. The molecule has 0 unspecified atom stereocenters. The molecule has 3 rings (SSSR count). The zero-order valence-corrected chi connectivity index (χ0v) is 10.4. The van der Waals surface area contributed by atoms with Crippen molar-refractivity contribution < 1.29 is 0 Å². The molecule has 0 atom stereocenters. The Morgan fingerprint density at radius 2 is 1.83 bits per heavy atom. The quantitative estimate of drug-likeness (QED) is 0.689. The van der Waals surface area contributed by atoms with E-state index in [1.807, 2.05) is 28.8 Å². The second-order valence-corrected chi connectivity index (χ2v) is 4.53. The molecule has 0 saturated heterocycles. The monoisotopic (exact) mass is 238 g/mol. The Morgan fingerprint density at radius 1 is 1.06 bits per heavy atom. The van der Waals surface area contributed by atoms with Gasteiger partial charge in [0.25, 0.3) is 5.78 Å². The van der Waals surface area contributed by atoms with Crippen LogP contribution in [-0.4, -0.2) is 19.6 Å². The fraction of sp³-hybridized carbons (Fsp3) is 0.214. The molecule has 0 N–H and O–H groups in total. The number of benzene rings is 1. The number of rotatable bonds is 2. The number of fused-ring (bicyclic) bond motifs is 1. The summed E-state index contributed by atoms with van der Waals surface area (Å²) in [6.45, 7) is 4.16. The summed E-state index contributed by atoms with van der Waals surface area (Å²) >= 11 is 0. The van der Waals surface area contributed by atoms with Gasteiger partial charge >= 0.3 is 0 Å². The van der Waals surface area contributed by atoms with E-state index in [-0.39, 0.29) is 0 Å². The van der Waals surface area contributed by atoms with Gasteiger partial charge in [-0.3, -0.25) is 0 Å². The largest absolute Gasteiger partial charge is 0.252 e. The van der Waals surface area contributed by atoms with Gasteiger partial charge in [-0.05, 0) is 6.07 Å². The molecule has 3 aromatic rings. The Morgan fingerprint density at radius 3 is 2.56 bits per heavy atom. The summed E-state index contributed by atoms with van der Waals surface area (Å²) in [5.74, 6) is 1.78. The Labute approximate surface area is 105 Å². The molecule has 0 bridgehead atoms. The van der Waals surface area contributed by atoms with Crippen LogP contribution in [0, 0.1) is 0 Å². The van der Waals surface area contributed by atoms with E-state index in [0.717, 1.165) is 17.1 Å². The van der Waals surface area contributed by atoms with Crippen LogP contribution in [0.15, 0.2) is 42.6 Å². The highest BCUT2D eigenvalue weighted by atomic mass is 15.3. The van der Waals surface area contributed by atoms with Gasteiger partial charge in [0, 0.05) is 17.7 Å². The van der Waals surface area contributed by atoms with Gasteiger partial charge in [-0.15, -0.1) is 5.10 Å². The SMILES string of the molecule is CC(C)c1nc2nccc(-c3ccccc3)n2n1. The van der Waals surface area contributed by atoms with Gasteiger partial charge in [-0.2, -0.15) is 9.50 Å².